The van der Waals surface area contributed by atoms with Gasteiger partial charge < -0.3 is 15.3 Å². The van der Waals surface area contributed by atoms with Crippen LogP contribution in [-0.2, 0) is 4.79 Å². The van der Waals surface area contributed by atoms with E-state index in [0.29, 0.717) is 6.54 Å². The average molecular weight is 333 g/mol. The van der Waals surface area contributed by atoms with Crippen LogP contribution in [0.2, 0.25) is 0 Å². The molecule has 1 amide bonds. The number of aryl methyl sites for hydroxylation is 1. The highest BCUT2D eigenvalue weighted by Crippen LogP contribution is 2.25. The maximum atomic E-state index is 12.3. The second-order valence-electron chi connectivity index (χ2n) is 7.36. The maximum absolute atomic E-state index is 12.3. The van der Waals surface area contributed by atoms with E-state index in [4.69, 9.17) is 0 Å². The number of anilines is 2. The van der Waals surface area contributed by atoms with E-state index in [1.807, 2.05) is 24.8 Å². The zero-order chi connectivity index (χ0) is 17.7. The van der Waals surface area contributed by atoms with Crippen LogP contribution in [0.5, 0.6) is 0 Å². The van der Waals surface area contributed by atoms with Gasteiger partial charge in [-0.05, 0) is 63.9 Å². The summed E-state index contributed by atoms with van der Waals surface area (Å²) < 4.78 is 0. The number of aliphatic hydroxyl groups is 1. The molecule has 134 valence electrons. The normalized spacial score (nSPS) is 15.2. The highest BCUT2D eigenvalue weighted by atomic mass is 16.3. The number of carbonyl (C=O) groups excluding carboxylic acids is 1. The van der Waals surface area contributed by atoms with Crippen LogP contribution in [0.1, 0.15) is 39.2 Å². The second kappa shape index (κ2) is 7.99. The first kappa shape index (κ1) is 18.7. The van der Waals surface area contributed by atoms with E-state index < -0.39 is 5.60 Å². The minimum absolute atomic E-state index is 0.0434. The van der Waals surface area contributed by atoms with Gasteiger partial charge in [-0.1, -0.05) is 6.92 Å². The third-order valence-corrected chi connectivity index (χ3v) is 4.38. The molecule has 0 unspecified atom stereocenters. The molecule has 1 saturated heterocycles. The lowest BCUT2D eigenvalue weighted by Crippen LogP contribution is -2.42. The summed E-state index contributed by atoms with van der Waals surface area (Å²) in [4.78, 5) is 16.7. The zero-order valence-corrected chi connectivity index (χ0v) is 15.4. The van der Waals surface area contributed by atoms with Gasteiger partial charge in [0.2, 0.25) is 5.91 Å². The number of nitrogens with one attached hydrogen (secondary N) is 1. The number of benzene rings is 1. The molecule has 5 nitrogen and oxygen atoms in total. The minimum Gasteiger partial charge on any atom is -0.389 e. The van der Waals surface area contributed by atoms with Crippen molar-refractivity contribution in [1.29, 1.82) is 0 Å². The standard InChI is InChI=1S/C19H31N3O2/c1-5-21(14-19(3,4)24)13-18(23)20-17-9-8-16(12-15(17)2)22-10-6-7-11-22/h8-9,12,24H,5-7,10-11,13-14H2,1-4H3,(H,20,23). The monoisotopic (exact) mass is 333 g/mol. The molecule has 2 rings (SSSR count). The molecule has 2 N–H and O–H groups in total. The van der Waals surface area contributed by atoms with Crippen LogP contribution >= 0.6 is 0 Å². The number of hydrogen-bond acceptors (Lipinski definition) is 4. The Kier molecular flexibility index (Phi) is 6.24. The third-order valence-electron chi connectivity index (χ3n) is 4.38. The van der Waals surface area contributed by atoms with Gasteiger partial charge in [-0.25, -0.2) is 0 Å². The van der Waals surface area contributed by atoms with E-state index in [-0.39, 0.29) is 12.5 Å². The number of rotatable bonds is 7. The molecule has 0 atom stereocenters. The smallest absolute Gasteiger partial charge is 0.238 e. The number of hydrogen-bond donors (Lipinski definition) is 2. The van der Waals surface area contributed by atoms with Crippen LogP contribution in [0, 0.1) is 6.92 Å². The van der Waals surface area contributed by atoms with Gasteiger partial charge in [0.25, 0.3) is 0 Å². The summed E-state index contributed by atoms with van der Waals surface area (Å²) in [5, 5.41) is 12.9. The molecule has 0 radical (unpaired) electrons. The Morgan fingerprint density at radius 2 is 2.00 bits per heavy atom. The fraction of sp³-hybridized carbons (Fsp3) is 0.632. The van der Waals surface area contributed by atoms with Gasteiger partial charge in [0.05, 0.1) is 12.1 Å². The van der Waals surface area contributed by atoms with E-state index in [1.165, 1.54) is 18.5 Å². The largest absolute Gasteiger partial charge is 0.389 e. The van der Waals surface area contributed by atoms with E-state index >= 15 is 0 Å². The SMILES string of the molecule is CCN(CC(=O)Nc1ccc(N2CCCC2)cc1C)CC(C)(C)O. The molecular weight excluding hydrogens is 302 g/mol. The molecule has 5 heteroatoms. The minimum atomic E-state index is -0.802. The quantitative estimate of drug-likeness (QED) is 0.805. The topological polar surface area (TPSA) is 55.8 Å². The molecule has 0 aliphatic carbocycles. The number of nitrogens with zero attached hydrogens (tertiary/aromatic N) is 2. The second-order valence-corrected chi connectivity index (χ2v) is 7.36. The number of carbonyl (C=O) groups is 1. The number of amides is 1. The van der Waals surface area contributed by atoms with Crippen molar-refractivity contribution in [3.8, 4) is 0 Å². The van der Waals surface area contributed by atoms with Crippen LogP contribution in [0.4, 0.5) is 11.4 Å². The Balaban J connectivity index is 1.95. The summed E-state index contributed by atoms with van der Waals surface area (Å²) >= 11 is 0. The van der Waals surface area contributed by atoms with E-state index in [2.05, 4.69) is 22.3 Å². The summed E-state index contributed by atoms with van der Waals surface area (Å²) in [7, 11) is 0. The van der Waals surface area contributed by atoms with E-state index in [9.17, 15) is 9.90 Å². The lowest BCUT2D eigenvalue weighted by atomic mass is 10.1. The Morgan fingerprint density at radius 3 is 2.54 bits per heavy atom. The molecule has 1 fully saturated rings. The molecule has 0 spiro atoms. The van der Waals surface area contributed by atoms with Crippen LogP contribution < -0.4 is 10.2 Å². The Labute approximate surface area is 145 Å². The van der Waals surface area contributed by atoms with Crippen molar-refractivity contribution in [1.82, 2.24) is 4.90 Å². The molecule has 1 heterocycles. The molecule has 0 bridgehead atoms. The Morgan fingerprint density at radius 1 is 1.33 bits per heavy atom. The first-order chi connectivity index (χ1) is 11.3. The predicted molar refractivity (Wildman–Crippen MR) is 99.7 cm³/mol. The first-order valence-electron chi connectivity index (χ1n) is 8.88. The molecule has 1 aliphatic heterocycles. The Hall–Kier alpha value is -1.59. The molecule has 1 aromatic rings. The van der Waals surface area contributed by atoms with Crippen molar-refractivity contribution in [2.75, 3.05) is 42.9 Å². The summed E-state index contributed by atoms with van der Waals surface area (Å²) in [5.74, 6) is -0.0434. The molecular formula is C19H31N3O2. The van der Waals surface area contributed by atoms with Gasteiger partial charge in [0.15, 0.2) is 0 Å². The molecule has 24 heavy (non-hydrogen) atoms. The van der Waals surface area contributed by atoms with Crippen molar-refractivity contribution in [3.05, 3.63) is 23.8 Å². The van der Waals surface area contributed by atoms with Gasteiger partial charge in [0.1, 0.15) is 0 Å². The van der Waals surface area contributed by atoms with Gasteiger partial charge in [-0.2, -0.15) is 0 Å². The van der Waals surface area contributed by atoms with Crippen molar-refractivity contribution in [2.24, 2.45) is 0 Å². The Bertz CT molecular complexity index is 560. The van der Waals surface area contributed by atoms with E-state index in [1.54, 1.807) is 13.8 Å². The summed E-state index contributed by atoms with van der Waals surface area (Å²) in [6.07, 6.45) is 2.51. The van der Waals surface area contributed by atoms with Crippen LogP contribution in [-0.4, -0.2) is 54.2 Å². The summed E-state index contributed by atoms with van der Waals surface area (Å²) in [5.41, 5.74) is 2.38. The van der Waals surface area contributed by atoms with Crippen LogP contribution in [0.25, 0.3) is 0 Å². The molecule has 1 aliphatic rings. The average Bonchev–Trinajstić information content (AvgIpc) is 3.01. The van der Waals surface area contributed by atoms with Crippen LogP contribution in [0.15, 0.2) is 18.2 Å². The lowest BCUT2D eigenvalue weighted by Gasteiger charge is -2.27. The summed E-state index contributed by atoms with van der Waals surface area (Å²) in [6.45, 7) is 11.3. The fourth-order valence-corrected chi connectivity index (χ4v) is 3.18. The first-order valence-corrected chi connectivity index (χ1v) is 8.88. The highest BCUT2D eigenvalue weighted by molar-refractivity contribution is 5.93. The number of likely N-dealkylation sites (N-methyl/N-ethyl adjacent to an activating group) is 1. The summed E-state index contributed by atoms with van der Waals surface area (Å²) in [6, 6.07) is 6.23. The fourth-order valence-electron chi connectivity index (χ4n) is 3.18. The predicted octanol–water partition coefficient (Wildman–Crippen LogP) is 2.63. The van der Waals surface area contributed by atoms with Gasteiger partial charge in [0, 0.05) is 31.0 Å². The molecule has 1 aromatic carbocycles. The van der Waals surface area contributed by atoms with Gasteiger partial charge in [-0.3, -0.25) is 9.69 Å². The van der Waals surface area contributed by atoms with E-state index in [0.717, 1.165) is 30.9 Å². The maximum Gasteiger partial charge on any atom is 0.238 e. The molecule has 0 aromatic heterocycles. The zero-order valence-electron chi connectivity index (χ0n) is 15.4. The van der Waals surface area contributed by atoms with Crippen molar-refractivity contribution < 1.29 is 9.90 Å². The van der Waals surface area contributed by atoms with Crippen molar-refractivity contribution >= 4 is 17.3 Å². The van der Waals surface area contributed by atoms with Gasteiger partial charge >= 0.3 is 0 Å². The van der Waals surface area contributed by atoms with Gasteiger partial charge in [-0.15, -0.1) is 0 Å². The van der Waals surface area contributed by atoms with Crippen molar-refractivity contribution in [3.63, 3.8) is 0 Å². The van der Waals surface area contributed by atoms with Crippen molar-refractivity contribution in [2.45, 2.75) is 46.1 Å². The highest BCUT2D eigenvalue weighted by Gasteiger charge is 2.19. The lowest BCUT2D eigenvalue weighted by molar-refractivity contribution is -0.117. The molecule has 0 saturated carbocycles. The third kappa shape index (κ3) is 5.49. The van der Waals surface area contributed by atoms with Crippen LogP contribution in [0.3, 0.4) is 0 Å².